The summed E-state index contributed by atoms with van der Waals surface area (Å²) in [6, 6.07) is 17.4. The summed E-state index contributed by atoms with van der Waals surface area (Å²) in [6.07, 6.45) is 1.56. The number of nitrogens with one attached hydrogen (secondary N) is 1. The molecule has 1 amide bonds. The van der Waals surface area contributed by atoms with Crippen LogP contribution in [0.3, 0.4) is 0 Å². The van der Waals surface area contributed by atoms with Gasteiger partial charge in [0.25, 0.3) is 5.91 Å². The number of carbonyl (C=O) groups is 1. The quantitative estimate of drug-likeness (QED) is 0.384. The van der Waals surface area contributed by atoms with Gasteiger partial charge in [0.1, 0.15) is 15.6 Å². The highest BCUT2D eigenvalue weighted by Gasteiger charge is 2.18. The zero-order valence-corrected chi connectivity index (χ0v) is 17.1. The van der Waals surface area contributed by atoms with Crippen molar-refractivity contribution in [1.29, 1.82) is 0 Å². The Kier molecular flexibility index (Phi) is 5.85. The molecule has 2 aromatic carbocycles. The summed E-state index contributed by atoms with van der Waals surface area (Å²) < 4.78 is 6.65. The number of nitrogens with zero attached hydrogens (tertiary/aromatic N) is 2. The zero-order chi connectivity index (χ0) is 19.3. The number of ether oxygens (including phenoxy) is 1. The van der Waals surface area contributed by atoms with Crippen LogP contribution in [0.25, 0.3) is 10.1 Å². The van der Waals surface area contributed by atoms with Gasteiger partial charge in [0.2, 0.25) is 5.13 Å². The first kappa shape index (κ1) is 18.9. The Balaban J connectivity index is 1.32. The first-order valence-electron chi connectivity index (χ1n) is 8.69. The lowest BCUT2D eigenvalue weighted by atomic mass is 10.2. The largest absolute Gasteiger partial charge is 0.494 e. The van der Waals surface area contributed by atoms with E-state index in [2.05, 4.69) is 15.5 Å². The van der Waals surface area contributed by atoms with Crippen molar-refractivity contribution in [3.63, 3.8) is 0 Å². The van der Waals surface area contributed by atoms with Crippen molar-refractivity contribution in [2.75, 3.05) is 11.9 Å². The van der Waals surface area contributed by atoms with Crippen LogP contribution in [-0.4, -0.2) is 22.7 Å². The lowest BCUT2D eigenvalue weighted by Gasteiger charge is -2.04. The first-order chi connectivity index (χ1) is 13.7. The van der Waals surface area contributed by atoms with Crippen LogP contribution in [0.5, 0.6) is 5.75 Å². The Morgan fingerprint density at radius 3 is 2.64 bits per heavy atom. The molecule has 0 radical (unpaired) electrons. The Hall–Kier alpha value is -2.48. The maximum Gasteiger partial charge on any atom is 0.269 e. The molecule has 0 saturated heterocycles. The van der Waals surface area contributed by atoms with E-state index < -0.39 is 0 Å². The van der Waals surface area contributed by atoms with E-state index in [1.807, 2.05) is 54.6 Å². The summed E-state index contributed by atoms with van der Waals surface area (Å²) in [5.74, 6) is 0.592. The number of benzene rings is 2. The molecule has 0 aliphatic heterocycles. The molecule has 142 valence electrons. The third kappa shape index (κ3) is 4.32. The number of fused-ring (bicyclic) bond motifs is 1. The Bertz CT molecular complexity index is 1100. The molecule has 5 nitrogen and oxygen atoms in total. The van der Waals surface area contributed by atoms with Crippen LogP contribution in [0.2, 0.25) is 5.02 Å². The predicted molar refractivity (Wildman–Crippen MR) is 115 cm³/mol. The van der Waals surface area contributed by atoms with Crippen molar-refractivity contribution < 1.29 is 9.53 Å². The molecule has 0 aliphatic carbocycles. The fourth-order valence-electron chi connectivity index (χ4n) is 2.65. The Labute approximate surface area is 175 Å². The maximum atomic E-state index is 12.6. The maximum absolute atomic E-state index is 12.6. The molecule has 0 aliphatic rings. The van der Waals surface area contributed by atoms with Gasteiger partial charge in [-0.15, -0.1) is 21.5 Å². The second-order valence-corrected chi connectivity index (χ2v) is 8.45. The van der Waals surface area contributed by atoms with Gasteiger partial charge in [0.15, 0.2) is 0 Å². The van der Waals surface area contributed by atoms with E-state index >= 15 is 0 Å². The number of anilines is 1. The molecule has 2 heterocycles. The van der Waals surface area contributed by atoms with Crippen molar-refractivity contribution in [3.8, 4) is 5.75 Å². The van der Waals surface area contributed by atoms with Gasteiger partial charge in [-0.3, -0.25) is 10.1 Å². The molecular weight excluding hydrogens is 414 g/mol. The van der Waals surface area contributed by atoms with Gasteiger partial charge >= 0.3 is 0 Å². The SMILES string of the molecule is O=C(Nc1nnc(CCCOc2ccccc2)s1)c1sc2ccccc2c1Cl. The Morgan fingerprint density at radius 1 is 1.04 bits per heavy atom. The summed E-state index contributed by atoms with van der Waals surface area (Å²) in [5, 5.41) is 13.7. The normalized spacial score (nSPS) is 10.9. The van der Waals surface area contributed by atoms with Gasteiger partial charge in [-0.1, -0.05) is 59.3 Å². The highest BCUT2D eigenvalue weighted by atomic mass is 35.5. The van der Waals surface area contributed by atoms with Crippen LogP contribution in [0.1, 0.15) is 21.1 Å². The van der Waals surface area contributed by atoms with Gasteiger partial charge < -0.3 is 4.74 Å². The van der Waals surface area contributed by atoms with Crippen molar-refractivity contribution in [2.24, 2.45) is 0 Å². The summed E-state index contributed by atoms with van der Waals surface area (Å²) in [7, 11) is 0. The number of hydrogen-bond donors (Lipinski definition) is 1. The lowest BCUT2D eigenvalue weighted by molar-refractivity contribution is 0.103. The number of aryl methyl sites for hydroxylation is 1. The number of amides is 1. The van der Waals surface area contributed by atoms with Gasteiger partial charge in [-0.05, 0) is 24.6 Å². The van der Waals surface area contributed by atoms with Crippen LogP contribution in [0.4, 0.5) is 5.13 Å². The van der Waals surface area contributed by atoms with E-state index in [-0.39, 0.29) is 5.91 Å². The molecule has 0 spiro atoms. The van der Waals surface area contributed by atoms with E-state index in [0.29, 0.717) is 21.6 Å². The van der Waals surface area contributed by atoms with E-state index in [1.54, 1.807) is 0 Å². The van der Waals surface area contributed by atoms with Crippen molar-refractivity contribution in [2.45, 2.75) is 12.8 Å². The number of thiophene rings is 1. The molecule has 1 N–H and O–H groups in total. The molecule has 0 atom stereocenters. The van der Waals surface area contributed by atoms with E-state index in [0.717, 1.165) is 33.7 Å². The summed E-state index contributed by atoms with van der Waals surface area (Å²) >= 11 is 9.10. The highest BCUT2D eigenvalue weighted by molar-refractivity contribution is 7.22. The molecule has 8 heteroatoms. The second-order valence-electron chi connectivity index (χ2n) is 5.96. The van der Waals surface area contributed by atoms with Crippen molar-refractivity contribution >= 4 is 55.4 Å². The molecule has 0 bridgehead atoms. The average molecular weight is 430 g/mol. The summed E-state index contributed by atoms with van der Waals surface area (Å²) in [4.78, 5) is 13.0. The van der Waals surface area contributed by atoms with E-state index in [1.165, 1.54) is 22.7 Å². The molecule has 0 saturated carbocycles. The van der Waals surface area contributed by atoms with Gasteiger partial charge in [-0.25, -0.2) is 0 Å². The minimum absolute atomic E-state index is 0.263. The number of rotatable bonds is 7. The second kappa shape index (κ2) is 8.68. The molecular formula is C20H16ClN3O2S2. The van der Waals surface area contributed by atoms with Crippen LogP contribution in [-0.2, 0) is 6.42 Å². The standard InChI is InChI=1S/C20H16ClN3O2S2/c21-17-14-9-4-5-10-15(14)27-18(17)19(25)22-20-24-23-16(28-20)11-6-12-26-13-7-2-1-3-8-13/h1-5,7-10H,6,11-12H2,(H,22,24,25). The molecule has 28 heavy (non-hydrogen) atoms. The fraction of sp³-hybridized carbons (Fsp3) is 0.150. The summed E-state index contributed by atoms with van der Waals surface area (Å²) in [6.45, 7) is 0.600. The van der Waals surface area contributed by atoms with Gasteiger partial charge in [0.05, 0.1) is 11.6 Å². The number of para-hydroxylation sites is 1. The van der Waals surface area contributed by atoms with Crippen LogP contribution < -0.4 is 10.1 Å². The zero-order valence-electron chi connectivity index (χ0n) is 14.7. The number of halogens is 1. The minimum Gasteiger partial charge on any atom is -0.494 e. The smallest absolute Gasteiger partial charge is 0.269 e. The monoisotopic (exact) mass is 429 g/mol. The number of hydrogen-bond acceptors (Lipinski definition) is 6. The third-order valence-electron chi connectivity index (χ3n) is 3.98. The predicted octanol–water partition coefficient (Wildman–Crippen LogP) is 5.67. The molecule has 4 rings (SSSR count). The fourth-order valence-corrected chi connectivity index (χ4v) is 4.84. The van der Waals surface area contributed by atoms with Crippen LogP contribution in [0, 0.1) is 0 Å². The van der Waals surface area contributed by atoms with Crippen LogP contribution >= 0.6 is 34.3 Å². The molecule has 0 unspecified atom stereocenters. The van der Waals surface area contributed by atoms with E-state index in [9.17, 15) is 4.79 Å². The molecule has 0 fully saturated rings. The lowest BCUT2D eigenvalue weighted by Crippen LogP contribution is -2.10. The average Bonchev–Trinajstić information content (AvgIpc) is 3.30. The molecule has 2 aromatic heterocycles. The summed E-state index contributed by atoms with van der Waals surface area (Å²) in [5.41, 5.74) is 0. The van der Waals surface area contributed by atoms with Crippen molar-refractivity contribution in [3.05, 3.63) is 69.5 Å². The number of carbonyl (C=O) groups excluding carboxylic acids is 1. The van der Waals surface area contributed by atoms with Gasteiger partial charge in [-0.2, -0.15) is 0 Å². The topological polar surface area (TPSA) is 64.1 Å². The molecule has 4 aromatic rings. The Morgan fingerprint density at radius 2 is 1.82 bits per heavy atom. The van der Waals surface area contributed by atoms with Crippen LogP contribution in [0.15, 0.2) is 54.6 Å². The van der Waals surface area contributed by atoms with Gasteiger partial charge in [0, 0.05) is 16.5 Å². The number of aromatic nitrogens is 2. The van der Waals surface area contributed by atoms with E-state index in [4.69, 9.17) is 16.3 Å². The first-order valence-corrected chi connectivity index (χ1v) is 10.7. The third-order valence-corrected chi connectivity index (χ3v) is 6.55. The minimum atomic E-state index is -0.263. The highest BCUT2D eigenvalue weighted by Crippen LogP contribution is 2.35. The van der Waals surface area contributed by atoms with Crippen molar-refractivity contribution in [1.82, 2.24) is 10.2 Å².